The summed E-state index contributed by atoms with van der Waals surface area (Å²) in [5.74, 6) is -0.443. The Bertz CT molecular complexity index is 1590. The van der Waals surface area contributed by atoms with Gasteiger partial charge in [0.1, 0.15) is 12.3 Å². The summed E-state index contributed by atoms with van der Waals surface area (Å²) in [6.45, 7) is 3.93. The third-order valence-electron chi connectivity index (χ3n) is 6.50. The molecule has 0 radical (unpaired) electrons. The van der Waals surface area contributed by atoms with Crippen molar-refractivity contribution in [3.05, 3.63) is 83.6 Å². The first kappa shape index (κ1) is 28.9. The minimum atomic E-state index is -4.57. The number of aryl methyl sites for hydroxylation is 1. The summed E-state index contributed by atoms with van der Waals surface area (Å²) < 4.78 is 60.7. The Balaban J connectivity index is 1.34. The van der Waals surface area contributed by atoms with Crippen LogP contribution in [0.4, 0.5) is 40.7 Å². The van der Waals surface area contributed by atoms with Gasteiger partial charge in [0.15, 0.2) is 11.6 Å². The van der Waals surface area contributed by atoms with Crippen LogP contribution in [0.5, 0.6) is 5.75 Å². The predicted octanol–water partition coefficient (Wildman–Crippen LogP) is 6.83. The van der Waals surface area contributed by atoms with Crippen molar-refractivity contribution < 1.29 is 27.4 Å². The molecule has 2 aromatic heterocycles. The Morgan fingerprint density at radius 3 is 2.57 bits per heavy atom. The van der Waals surface area contributed by atoms with Gasteiger partial charge in [-0.05, 0) is 60.0 Å². The molecule has 0 aliphatic carbocycles. The molecule has 3 heterocycles. The van der Waals surface area contributed by atoms with E-state index < -0.39 is 17.6 Å². The van der Waals surface area contributed by atoms with Crippen molar-refractivity contribution in [2.24, 2.45) is 10.2 Å². The standard InChI is InChI=1S/C29H27F4N7O2/c1-2-25-26(37-22-13-19(12-20(15-22)29(31,32)33)18-4-3-5-23(41)14-18)7-6-21(36-25)16-35-39-28-34-17-24(30)27(38-28)40-8-10-42-11-9-40/h3-7,12-15,17,37,41H,2,8-11,16H2,1H3. The summed E-state index contributed by atoms with van der Waals surface area (Å²) in [6.07, 6.45) is -3.02. The Kier molecular flexibility index (Phi) is 8.57. The van der Waals surface area contributed by atoms with Gasteiger partial charge in [0.2, 0.25) is 0 Å². The molecule has 0 unspecified atom stereocenters. The van der Waals surface area contributed by atoms with E-state index in [1.165, 1.54) is 12.1 Å². The van der Waals surface area contributed by atoms with E-state index in [1.54, 1.807) is 35.2 Å². The van der Waals surface area contributed by atoms with Crippen LogP contribution in [-0.4, -0.2) is 46.4 Å². The third kappa shape index (κ3) is 6.97. The number of hydrogen-bond donors (Lipinski definition) is 2. The molecule has 1 fully saturated rings. The molecule has 0 amide bonds. The molecule has 1 aliphatic rings. The summed E-state index contributed by atoms with van der Waals surface area (Å²) in [4.78, 5) is 14.4. The number of rotatable bonds is 8. The number of phenols is 1. The van der Waals surface area contributed by atoms with Gasteiger partial charge in [0, 0.05) is 18.8 Å². The van der Waals surface area contributed by atoms with Crippen molar-refractivity contribution in [1.29, 1.82) is 0 Å². The number of ether oxygens (including phenoxy) is 1. The predicted molar refractivity (Wildman–Crippen MR) is 149 cm³/mol. The van der Waals surface area contributed by atoms with Gasteiger partial charge in [-0.25, -0.2) is 9.37 Å². The van der Waals surface area contributed by atoms with Crippen molar-refractivity contribution in [2.45, 2.75) is 26.1 Å². The van der Waals surface area contributed by atoms with E-state index in [-0.39, 0.29) is 29.7 Å². The first-order chi connectivity index (χ1) is 20.2. The summed E-state index contributed by atoms with van der Waals surface area (Å²) in [6, 6.07) is 13.1. The number of aromatic hydroxyl groups is 1. The lowest BCUT2D eigenvalue weighted by atomic mass is 10.0. The third-order valence-corrected chi connectivity index (χ3v) is 6.50. The number of hydrogen-bond acceptors (Lipinski definition) is 9. The Hall–Kier alpha value is -4.65. The van der Waals surface area contributed by atoms with Gasteiger partial charge in [-0.3, -0.25) is 4.98 Å². The largest absolute Gasteiger partial charge is 0.508 e. The lowest BCUT2D eigenvalue weighted by Crippen LogP contribution is -2.37. The van der Waals surface area contributed by atoms with Crippen molar-refractivity contribution >= 4 is 23.1 Å². The van der Waals surface area contributed by atoms with Crippen LogP contribution in [0.2, 0.25) is 0 Å². The zero-order valence-corrected chi connectivity index (χ0v) is 22.6. The zero-order valence-electron chi connectivity index (χ0n) is 22.6. The van der Waals surface area contributed by atoms with Crippen LogP contribution in [0.1, 0.15) is 23.9 Å². The van der Waals surface area contributed by atoms with E-state index in [9.17, 15) is 22.7 Å². The van der Waals surface area contributed by atoms with Crippen molar-refractivity contribution in [3.8, 4) is 16.9 Å². The maximum absolute atomic E-state index is 14.3. The Labute approximate surface area is 239 Å². The quantitative estimate of drug-likeness (QED) is 0.173. The van der Waals surface area contributed by atoms with Crippen molar-refractivity contribution in [2.75, 3.05) is 36.5 Å². The summed E-state index contributed by atoms with van der Waals surface area (Å²) >= 11 is 0. The minimum Gasteiger partial charge on any atom is -0.508 e. The topological polar surface area (TPSA) is 108 Å². The molecule has 0 saturated carbocycles. The molecular weight excluding hydrogens is 554 g/mol. The molecular formula is C29H27F4N7O2. The van der Waals surface area contributed by atoms with E-state index in [1.807, 2.05) is 6.92 Å². The van der Waals surface area contributed by atoms with Crippen LogP contribution >= 0.6 is 0 Å². The molecule has 9 nitrogen and oxygen atoms in total. The lowest BCUT2D eigenvalue weighted by molar-refractivity contribution is -0.137. The molecule has 1 saturated heterocycles. The lowest BCUT2D eigenvalue weighted by Gasteiger charge is -2.27. The average molecular weight is 582 g/mol. The molecule has 2 N–H and O–H groups in total. The number of azo groups is 1. The maximum atomic E-state index is 14.3. The highest BCUT2D eigenvalue weighted by Gasteiger charge is 2.31. The SMILES string of the molecule is CCc1nc(CN=Nc2ncc(F)c(N3CCOCC3)n2)ccc1Nc1cc(-c2cccc(O)c2)cc(C(F)(F)F)c1. The Morgan fingerprint density at radius 2 is 1.83 bits per heavy atom. The van der Waals surface area contributed by atoms with Crippen molar-refractivity contribution in [3.63, 3.8) is 0 Å². The number of pyridine rings is 1. The first-order valence-corrected chi connectivity index (χ1v) is 13.2. The fraction of sp³-hybridized carbons (Fsp3) is 0.276. The fourth-order valence-electron chi connectivity index (χ4n) is 4.45. The number of nitrogens with one attached hydrogen (secondary N) is 1. The van der Waals surface area contributed by atoms with Gasteiger partial charge in [-0.1, -0.05) is 19.1 Å². The molecule has 1 aliphatic heterocycles. The second kappa shape index (κ2) is 12.5. The van der Waals surface area contributed by atoms with Crippen LogP contribution in [-0.2, 0) is 23.9 Å². The number of halogens is 4. The highest BCUT2D eigenvalue weighted by atomic mass is 19.4. The van der Waals surface area contributed by atoms with Crippen LogP contribution in [0.25, 0.3) is 11.1 Å². The fourth-order valence-corrected chi connectivity index (χ4v) is 4.45. The molecule has 0 bridgehead atoms. The second-order valence-electron chi connectivity index (χ2n) is 9.46. The average Bonchev–Trinajstić information content (AvgIpc) is 2.98. The zero-order chi connectivity index (χ0) is 29.7. The first-order valence-electron chi connectivity index (χ1n) is 13.2. The number of benzene rings is 2. The number of phenolic OH excluding ortho intramolecular Hbond substituents is 1. The summed E-state index contributed by atoms with van der Waals surface area (Å²) in [5, 5.41) is 21.0. The molecule has 0 spiro atoms. The molecule has 4 aromatic rings. The monoisotopic (exact) mass is 581 g/mol. The van der Waals surface area contributed by atoms with Gasteiger partial charge in [-0.2, -0.15) is 23.3 Å². The van der Waals surface area contributed by atoms with Gasteiger partial charge in [0.25, 0.3) is 5.95 Å². The minimum absolute atomic E-state index is 0.0129. The maximum Gasteiger partial charge on any atom is 0.416 e. The van der Waals surface area contributed by atoms with E-state index in [4.69, 9.17) is 4.74 Å². The van der Waals surface area contributed by atoms with Gasteiger partial charge in [0.05, 0.1) is 42.0 Å². The molecule has 2 aromatic carbocycles. The normalized spacial score (nSPS) is 14.0. The molecule has 5 rings (SSSR count). The summed E-state index contributed by atoms with van der Waals surface area (Å²) in [7, 11) is 0. The highest BCUT2D eigenvalue weighted by molar-refractivity contribution is 5.73. The second-order valence-corrected chi connectivity index (χ2v) is 9.46. The molecule has 42 heavy (non-hydrogen) atoms. The Morgan fingerprint density at radius 1 is 1.02 bits per heavy atom. The van der Waals surface area contributed by atoms with Crippen LogP contribution < -0.4 is 10.2 Å². The van der Waals surface area contributed by atoms with Crippen molar-refractivity contribution in [1.82, 2.24) is 15.0 Å². The number of anilines is 3. The highest BCUT2D eigenvalue weighted by Crippen LogP contribution is 2.36. The van der Waals surface area contributed by atoms with E-state index in [2.05, 4.69) is 30.5 Å². The number of morpholine rings is 1. The van der Waals surface area contributed by atoms with Crippen LogP contribution in [0.3, 0.4) is 0 Å². The molecule has 218 valence electrons. The smallest absolute Gasteiger partial charge is 0.416 e. The summed E-state index contributed by atoms with van der Waals surface area (Å²) in [5.41, 5.74) is 1.86. The molecule has 13 heteroatoms. The van der Waals surface area contributed by atoms with E-state index in [0.29, 0.717) is 60.9 Å². The van der Waals surface area contributed by atoms with Gasteiger partial charge < -0.3 is 20.1 Å². The van der Waals surface area contributed by atoms with Crippen LogP contribution in [0, 0.1) is 5.82 Å². The van der Waals surface area contributed by atoms with E-state index in [0.717, 1.165) is 18.3 Å². The van der Waals surface area contributed by atoms with E-state index >= 15 is 0 Å². The van der Waals surface area contributed by atoms with Gasteiger partial charge >= 0.3 is 6.18 Å². The number of nitrogens with zero attached hydrogens (tertiary/aromatic N) is 6. The number of aromatic nitrogens is 3. The number of alkyl halides is 3. The van der Waals surface area contributed by atoms with Gasteiger partial charge in [-0.15, -0.1) is 5.11 Å². The van der Waals surface area contributed by atoms with Crippen LogP contribution in [0.15, 0.2) is 71.0 Å². The molecule has 0 atom stereocenters.